The van der Waals surface area contributed by atoms with E-state index in [2.05, 4.69) is 12.6 Å². The molecule has 1 heterocycles. The smallest absolute Gasteiger partial charge is 0.226 e. The number of carbonyl (C=O) groups excluding carboxylic acids is 1. The Balaban J connectivity index is 1.91. The largest absolute Gasteiger partial charge is 0.342 e. The highest BCUT2D eigenvalue weighted by atomic mass is 32.1. The fourth-order valence-corrected chi connectivity index (χ4v) is 2.55. The number of amides is 1. The third kappa shape index (κ3) is 4.05. The van der Waals surface area contributed by atoms with Crippen molar-refractivity contribution < 1.29 is 4.79 Å². The maximum Gasteiger partial charge on any atom is 0.226 e. The van der Waals surface area contributed by atoms with Crippen molar-refractivity contribution in [3.05, 3.63) is 29.8 Å². The molecular formula is C15H21NOS. The molecule has 0 radical (unpaired) electrons. The molecule has 0 saturated carbocycles. The molecule has 1 aliphatic rings. The summed E-state index contributed by atoms with van der Waals surface area (Å²) in [6, 6.07) is 7.87. The Bertz CT molecular complexity index is 380. The predicted octanol–water partition coefficient (Wildman–Crippen LogP) is 3.31. The Morgan fingerprint density at radius 1 is 1.00 bits per heavy atom. The number of benzene rings is 1. The molecular weight excluding hydrogens is 242 g/mol. The second-order valence-electron chi connectivity index (χ2n) is 4.99. The minimum Gasteiger partial charge on any atom is -0.342 e. The topological polar surface area (TPSA) is 20.3 Å². The maximum atomic E-state index is 12.2. The standard InChI is InChI=1S/C15H21NOS/c17-15(12-13-6-8-14(18)9-7-13)16-10-4-2-1-3-5-11-16/h6-9,18H,1-5,10-12H2. The summed E-state index contributed by atoms with van der Waals surface area (Å²) in [5.74, 6) is 0.267. The maximum absolute atomic E-state index is 12.2. The highest BCUT2D eigenvalue weighted by Gasteiger charge is 2.14. The summed E-state index contributed by atoms with van der Waals surface area (Å²) in [7, 11) is 0. The van der Waals surface area contributed by atoms with Crippen LogP contribution in [0.3, 0.4) is 0 Å². The molecule has 0 aromatic heterocycles. The van der Waals surface area contributed by atoms with Crippen LogP contribution in [0.4, 0.5) is 0 Å². The van der Waals surface area contributed by atoms with Gasteiger partial charge in [-0.15, -0.1) is 12.6 Å². The van der Waals surface area contributed by atoms with Gasteiger partial charge in [0, 0.05) is 18.0 Å². The van der Waals surface area contributed by atoms with E-state index >= 15 is 0 Å². The zero-order valence-electron chi connectivity index (χ0n) is 10.8. The van der Waals surface area contributed by atoms with Crippen molar-refractivity contribution in [2.75, 3.05) is 13.1 Å². The lowest BCUT2D eigenvalue weighted by molar-refractivity contribution is -0.130. The van der Waals surface area contributed by atoms with Gasteiger partial charge >= 0.3 is 0 Å². The van der Waals surface area contributed by atoms with Crippen LogP contribution in [0.15, 0.2) is 29.2 Å². The van der Waals surface area contributed by atoms with E-state index in [1.165, 1.54) is 19.3 Å². The molecule has 1 amide bonds. The number of hydrogen-bond acceptors (Lipinski definition) is 2. The van der Waals surface area contributed by atoms with Crippen LogP contribution in [0, 0.1) is 0 Å². The number of likely N-dealkylation sites (tertiary alicyclic amines) is 1. The summed E-state index contributed by atoms with van der Waals surface area (Å²) in [6.07, 6.45) is 6.68. The Morgan fingerprint density at radius 2 is 1.56 bits per heavy atom. The molecule has 0 aliphatic carbocycles. The fraction of sp³-hybridized carbons (Fsp3) is 0.533. The molecule has 98 valence electrons. The number of rotatable bonds is 2. The third-order valence-electron chi connectivity index (χ3n) is 3.50. The SMILES string of the molecule is O=C(Cc1ccc(S)cc1)N1CCCCCCC1. The van der Waals surface area contributed by atoms with E-state index in [-0.39, 0.29) is 5.91 Å². The van der Waals surface area contributed by atoms with Crippen LogP contribution >= 0.6 is 12.6 Å². The molecule has 18 heavy (non-hydrogen) atoms. The van der Waals surface area contributed by atoms with Crippen molar-refractivity contribution in [3.63, 3.8) is 0 Å². The van der Waals surface area contributed by atoms with Gasteiger partial charge in [-0.3, -0.25) is 4.79 Å². The molecule has 2 rings (SSSR count). The molecule has 0 atom stereocenters. The van der Waals surface area contributed by atoms with E-state index in [1.54, 1.807) is 0 Å². The minimum atomic E-state index is 0.267. The van der Waals surface area contributed by atoms with Crippen LogP contribution in [0.5, 0.6) is 0 Å². The highest BCUT2D eigenvalue weighted by Crippen LogP contribution is 2.13. The highest BCUT2D eigenvalue weighted by molar-refractivity contribution is 7.80. The van der Waals surface area contributed by atoms with Crippen molar-refractivity contribution in [1.82, 2.24) is 4.90 Å². The lowest BCUT2D eigenvalue weighted by Gasteiger charge is -2.24. The van der Waals surface area contributed by atoms with E-state index in [0.717, 1.165) is 36.4 Å². The van der Waals surface area contributed by atoms with Crippen LogP contribution in [-0.4, -0.2) is 23.9 Å². The molecule has 3 heteroatoms. The molecule has 0 spiro atoms. The first-order valence-electron chi connectivity index (χ1n) is 6.81. The number of thiol groups is 1. The first-order valence-corrected chi connectivity index (χ1v) is 7.26. The molecule has 1 aliphatic heterocycles. The van der Waals surface area contributed by atoms with Crippen LogP contribution in [0.2, 0.25) is 0 Å². The first-order chi connectivity index (χ1) is 8.75. The summed E-state index contributed by atoms with van der Waals surface area (Å²) in [5, 5.41) is 0. The van der Waals surface area contributed by atoms with Gasteiger partial charge in [0.25, 0.3) is 0 Å². The van der Waals surface area contributed by atoms with E-state index in [0.29, 0.717) is 6.42 Å². The van der Waals surface area contributed by atoms with E-state index in [9.17, 15) is 4.79 Å². The van der Waals surface area contributed by atoms with Crippen LogP contribution in [-0.2, 0) is 11.2 Å². The summed E-state index contributed by atoms with van der Waals surface area (Å²) in [5.41, 5.74) is 1.08. The quantitative estimate of drug-likeness (QED) is 0.812. The lowest BCUT2D eigenvalue weighted by atomic mass is 10.1. The van der Waals surface area contributed by atoms with Gasteiger partial charge in [0.05, 0.1) is 6.42 Å². The summed E-state index contributed by atoms with van der Waals surface area (Å²) < 4.78 is 0. The zero-order chi connectivity index (χ0) is 12.8. The van der Waals surface area contributed by atoms with Crippen LogP contribution in [0.1, 0.15) is 37.7 Å². The zero-order valence-corrected chi connectivity index (χ0v) is 11.7. The molecule has 1 saturated heterocycles. The van der Waals surface area contributed by atoms with Gasteiger partial charge in [0.15, 0.2) is 0 Å². The average Bonchev–Trinajstić information content (AvgIpc) is 2.31. The minimum absolute atomic E-state index is 0.267. The van der Waals surface area contributed by atoms with Crippen LogP contribution < -0.4 is 0 Å². The van der Waals surface area contributed by atoms with Crippen molar-refractivity contribution in [1.29, 1.82) is 0 Å². The molecule has 0 unspecified atom stereocenters. The predicted molar refractivity (Wildman–Crippen MR) is 77.1 cm³/mol. The average molecular weight is 263 g/mol. The monoisotopic (exact) mass is 263 g/mol. The Labute approximate surface area is 115 Å². The van der Waals surface area contributed by atoms with Gasteiger partial charge in [-0.2, -0.15) is 0 Å². The fourth-order valence-electron chi connectivity index (χ4n) is 2.40. The van der Waals surface area contributed by atoms with E-state index < -0.39 is 0 Å². The van der Waals surface area contributed by atoms with Gasteiger partial charge in [-0.25, -0.2) is 0 Å². The van der Waals surface area contributed by atoms with E-state index in [1.807, 2.05) is 29.2 Å². The van der Waals surface area contributed by atoms with Crippen molar-refractivity contribution in [2.45, 2.75) is 43.4 Å². The van der Waals surface area contributed by atoms with Crippen molar-refractivity contribution in [3.8, 4) is 0 Å². The second kappa shape index (κ2) is 6.83. The molecule has 1 fully saturated rings. The van der Waals surface area contributed by atoms with Crippen molar-refractivity contribution >= 4 is 18.5 Å². The lowest BCUT2D eigenvalue weighted by Crippen LogP contribution is -2.34. The Morgan fingerprint density at radius 3 is 2.17 bits per heavy atom. The molecule has 1 aromatic rings. The number of hydrogen-bond donors (Lipinski definition) is 1. The molecule has 0 bridgehead atoms. The summed E-state index contributed by atoms with van der Waals surface area (Å²) >= 11 is 4.25. The van der Waals surface area contributed by atoms with Gasteiger partial charge in [0.2, 0.25) is 5.91 Å². The number of carbonyl (C=O) groups is 1. The van der Waals surface area contributed by atoms with Gasteiger partial charge in [0.1, 0.15) is 0 Å². The first kappa shape index (κ1) is 13.5. The molecule has 1 aromatic carbocycles. The Kier molecular flexibility index (Phi) is 5.12. The van der Waals surface area contributed by atoms with Gasteiger partial charge < -0.3 is 4.90 Å². The Hall–Kier alpha value is -0.960. The van der Waals surface area contributed by atoms with E-state index in [4.69, 9.17) is 0 Å². The second-order valence-corrected chi connectivity index (χ2v) is 5.51. The normalized spacial score (nSPS) is 17.1. The summed E-state index contributed by atoms with van der Waals surface area (Å²) in [6.45, 7) is 1.87. The summed E-state index contributed by atoms with van der Waals surface area (Å²) in [4.78, 5) is 15.2. The molecule has 2 nitrogen and oxygen atoms in total. The van der Waals surface area contributed by atoms with Crippen molar-refractivity contribution in [2.24, 2.45) is 0 Å². The van der Waals surface area contributed by atoms with Gasteiger partial charge in [-0.1, -0.05) is 31.4 Å². The molecule has 0 N–H and O–H groups in total. The van der Waals surface area contributed by atoms with Crippen LogP contribution in [0.25, 0.3) is 0 Å². The number of nitrogens with zero attached hydrogens (tertiary/aromatic N) is 1. The third-order valence-corrected chi connectivity index (χ3v) is 3.80. The van der Waals surface area contributed by atoms with Gasteiger partial charge in [-0.05, 0) is 30.5 Å².